The molecule has 2 N–H and O–H groups in total. The van der Waals surface area contributed by atoms with E-state index in [1.807, 2.05) is 27.7 Å². The molecule has 0 saturated heterocycles. The van der Waals surface area contributed by atoms with Crippen molar-refractivity contribution >= 4 is 5.91 Å². The van der Waals surface area contributed by atoms with Crippen LogP contribution in [0.2, 0.25) is 0 Å². The van der Waals surface area contributed by atoms with Crippen molar-refractivity contribution in [2.24, 2.45) is 17.3 Å². The maximum atomic E-state index is 11.8. The molecule has 0 saturated carbocycles. The van der Waals surface area contributed by atoms with Crippen molar-refractivity contribution in [2.75, 3.05) is 6.54 Å². The molecule has 3 heteroatoms. The highest BCUT2D eigenvalue weighted by Crippen LogP contribution is 2.25. The molecule has 0 aromatic carbocycles. The van der Waals surface area contributed by atoms with Crippen molar-refractivity contribution in [3.05, 3.63) is 0 Å². The Bertz CT molecular complexity index is 245. The van der Waals surface area contributed by atoms with E-state index in [-0.39, 0.29) is 17.2 Å². The molecule has 0 aliphatic heterocycles. The number of carbonyl (C=O) groups is 1. The molecule has 1 unspecified atom stereocenters. The Kier molecular flexibility index (Phi) is 7.53. The van der Waals surface area contributed by atoms with E-state index in [9.17, 15) is 9.90 Å². The van der Waals surface area contributed by atoms with Gasteiger partial charge in [-0.1, -0.05) is 54.4 Å². The van der Waals surface area contributed by atoms with E-state index in [0.29, 0.717) is 18.9 Å². The number of amides is 1. The van der Waals surface area contributed by atoms with Crippen LogP contribution in [-0.4, -0.2) is 23.7 Å². The Hall–Kier alpha value is -0.570. The van der Waals surface area contributed by atoms with Gasteiger partial charge in [0.05, 0.1) is 6.10 Å². The molecule has 0 rings (SSSR count). The monoisotopic (exact) mass is 257 g/mol. The van der Waals surface area contributed by atoms with Gasteiger partial charge in [0.25, 0.3) is 0 Å². The lowest BCUT2D eigenvalue weighted by Gasteiger charge is -2.33. The van der Waals surface area contributed by atoms with Crippen LogP contribution in [0.4, 0.5) is 0 Å². The van der Waals surface area contributed by atoms with E-state index in [4.69, 9.17) is 0 Å². The van der Waals surface area contributed by atoms with Gasteiger partial charge in [-0.2, -0.15) is 0 Å². The summed E-state index contributed by atoms with van der Waals surface area (Å²) < 4.78 is 0. The summed E-state index contributed by atoms with van der Waals surface area (Å²) in [5.74, 6) is 0.784. The largest absolute Gasteiger partial charge is 0.392 e. The second-order valence-electron chi connectivity index (χ2n) is 6.34. The van der Waals surface area contributed by atoms with E-state index >= 15 is 0 Å². The Morgan fingerprint density at radius 1 is 1.22 bits per heavy atom. The van der Waals surface area contributed by atoms with Crippen LogP contribution in [0, 0.1) is 17.3 Å². The van der Waals surface area contributed by atoms with Crippen LogP contribution >= 0.6 is 0 Å². The number of carbonyl (C=O) groups excluding carboxylic acids is 1. The lowest BCUT2D eigenvalue weighted by molar-refractivity contribution is -0.123. The summed E-state index contributed by atoms with van der Waals surface area (Å²) in [6.07, 6.45) is 2.29. The van der Waals surface area contributed by atoms with Gasteiger partial charge in [-0.15, -0.1) is 0 Å². The molecule has 1 atom stereocenters. The molecule has 0 aliphatic carbocycles. The fourth-order valence-corrected chi connectivity index (χ4v) is 2.25. The lowest BCUT2D eigenvalue weighted by Crippen LogP contribution is -2.43. The molecule has 0 aromatic rings. The number of hydrogen-bond donors (Lipinski definition) is 2. The van der Waals surface area contributed by atoms with Crippen LogP contribution in [0.15, 0.2) is 0 Å². The predicted octanol–water partition coefficient (Wildman–Crippen LogP) is 2.97. The minimum Gasteiger partial charge on any atom is -0.392 e. The second kappa shape index (κ2) is 7.78. The number of hydrogen-bond acceptors (Lipinski definition) is 2. The van der Waals surface area contributed by atoms with Gasteiger partial charge in [0.2, 0.25) is 5.91 Å². The highest BCUT2D eigenvalue weighted by molar-refractivity contribution is 5.76. The van der Waals surface area contributed by atoms with Gasteiger partial charge in [0.15, 0.2) is 0 Å². The van der Waals surface area contributed by atoms with Gasteiger partial charge >= 0.3 is 0 Å². The molecule has 1 amide bonds. The van der Waals surface area contributed by atoms with Crippen molar-refractivity contribution in [3.63, 3.8) is 0 Å². The van der Waals surface area contributed by atoms with Gasteiger partial charge in [0, 0.05) is 18.4 Å². The Balaban J connectivity index is 4.19. The van der Waals surface area contributed by atoms with Crippen LogP contribution in [0.1, 0.15) is 60.8 Å². The fraction of sp³-hybridized carbons (Fsp3) is 0.933. The van der Waals surface area contributed by atoms with Crippen LogP contribution in [0.25, 0.3) is 0 Å². The molecule has 0 aromatic heterocycles. The summed E-state index contributed by atoms with van der Waals surface area (Å²) in [6.45, 7) is 12.8. The Labute approximate surface area is 112 Å². The smallest absolute Gasteiger partial charge is 0.220 e. The van der Waals surface area contributed by atoms with Crippen LogP contribution < -0.4 is 5.32 Å². The minimum atomic E-state index is -0.397. The number of rotatable bonds is 8. The summed E-state index contributed by atoms with van der Waals surface area (Å²) in [4.78, 5) is 11.8. The van der Waals surface area contributed by atoms with Crippen molar-refractivity contribution in [2.45, 2.75) is 66.9 Å². The number of aliphatic hydroxyl groups excluding tert-OH is 1. The van der Waals surface area contributed by atoms with E-state index in [2.05, 4.69) is 19.2 Å². The SMILES string of the molecule is CCC(CC)CC(=O)NCC(C)(C)C(O)C(C)C. The molecule has 3 nitrogen and oxygen atoms in total. The zero-order chi connectivity index (χ0) is 14.3. The summed E-state index contributed by atoms with van der Waals surface area (Å²) in [5, 5.41) is 13.0. The van der Waals surface area contributed by atoms with Crippen LogP contribution in [0.5, 0.6) is 0 Å². The van der Waals surface area contributed by atoms with Crippen molar-refractivity contribution < 1.29 is 9.90 Å². The Morgan fingerprint density at radius 3 is 2.11 bits per heavy atom. The highest BCUT2D eigenvalue weighted by atomic mass is 16.3. The highest BCUT2D eigenvalue weighted by Gasteiger charge is 2.30. The number of aliphatic hydroxyl groups is 1. The molecular formula is C15H31NO2. The second-order valence-corrected chi connectivity index (χ2v) is 6.34. The molecule has 0 bridgehead atoms. The first kappa shape index (κ1) is 17.4. The van der Waals surface area contributed by atoms with Crippen LogP contribution in [-0.2, 0) is 4.79 Å². The maximum absolute atomic E-state index is 11.8. The molecule has 18 heavy (non-hydrogen) atoms. The molecule has 0 spiro atoms. The third-order valence-corrected chi connectivity index (χ3v) is 3.80. The zero-order valence-corrected chi connectivity index (χ0v) is 12.9. The van der Waals surface area contributed by atoms with E-state index in [0.717, 1.165) is 12.8 Å². The quantitative estimate of drug-likeness (QED) is 0.702. The van der Waals surface area contributed by atoms with Gasteiger partial charge < -0.3 is 10.4 Å². The molecule has 0 fully saturated rings. The molecule has 0 radical (unpaired) electrons. The number of nitrogens with one attached hydrogen (secondary N) is 1. The lowest BCUT2D eigenvalue weighted by atomic mass is 9.80. The van der Waals surface area contributed by atoms with E-state index < -0.39 is 6.10 Å². The summed E-state index contributed by atoms with van der Waals surface area (Å²) in [7, 11) is 0. The van der Waals surface area contributed by atoms with Gasteiger partial charge in [-0.25, -0.2) is 0 Å². The van der Waals surface area contributed by atoms with Crippen LogP contribution in [0.3, 0.4) is 0 Å². The topological polar surface area (TPSA) is 49.3 Å². The third kappa shape index (κ3) is 5.85. The van der Waals surface area contributed by atoms with Gasteiger partial charge in [-0.05, 0) is 11.8 Å². The summed E-state index contributed by atoms with van der Waals surface area (Å²) in [5.41, 5.74) is -0.280. The van der Waals surface area contributed by atoms with Crippen molar-refractivity contribution in [3.8, 4) is 0 Å². The first-order chi connectivity index (χ1) is 8.24. The standard InChI is InChI=1S/C15H31NO2/c1-7-12(8-2)9-13(17)16-10-15(5,6)14(18)11(3)4/h11-12,14,18H,7-10H2,1-6H3,(H,16,17). The summed E-state index contributed by atoms with van der Waals surface area (Å²) in [6, 6.07) is 0. The first-order valence-corrected chi connectivity index (χ1v) is 7.19. The van der Waals surface area contributed by atoms with E-state index in [1.165, 1.54) is 0 Å². The van der Waals surface area contributed by atoms with Crippen molar-refractivity contribution in [1.29, 1.82) is 0 Å². The molecule has 108 valence electrons. The average Bonchev–Trinajstić information content (AvgIpc) is 2.32. The third-order valence-electron chi connectivity index (χ3n) is 3.80. The average molecular weight is 257 g/mol. The fourth-order valence-electron chi connectivity index (χ4n) is 2.25. The molecular weight excluding hydrogens is 226 g/mol. The molecule has 0 aliphatic rings. The molecule has 0 heterocycles. The minimum absolute atomic E-state index is 0.104. The van der Waals surface area contributed by atoms with Crippen molar-refractivity contribution in [1.82, 2.24) is 5.32 Å². The van der Waals surface area contributed by atoms with E-state index in [1.54, 1.807) is 0 Å². The normalized spacial score (nSPS) is 14.1. The Morgan fingerprint density at radius 2 is 1.72 bits per heavy atom. The van der Waals surface area contributed by atoms with Gasteiger partial charge in [-0.3, -0.25) is 4.79 Å². The summed E-state index contributed by atoms with van der Waals surface area (Å²) >= 11 is 0. The first-order valence-electron chi connectivity index (χ1n) is 7.19. The zero-order valence-electron chi connectivity index (χ0n) is 12.9. The van der Waals surface area contributed by atoms with Gasteiger partial charge in [0.1, 0.15) is 0 Å². The predicted molar refractivity (Wildman–Crippen MR) is 76.3 cm³/mol. The maximum Gasteiger partial charge on any atom is 0.220 e.